The van der Waals surface area contributed by atoms with Crippen molar-refractivity contribution in [3.63, 3.8) is 0 Å². The van der Waals surface area contributed by atoms with Crippen molar-refractivity contribution in [2.45, 2.75) is 6.42 Å². The highest BCUT2D eigenvalue weighted by atomic mass is 32.2. The molecule has 0 atom stereocenters. The van der Waals surface area contributed by atoms with E-state index in [2.05, 4.69) is 0 Å². The molecule has 1 heterocycles. The molecule has 46 valence electrons. The van der Waals surface area contributed by atoms with Crippen LogP contribution in [-0.2, 0) is 4.79 Å². The lowest BCUT2D eigenvalue weighted by atomic mass is 10.5. The number of aliphatic hydroxyl groups is 1. The average Bonchev–Trinajstić information content (AvgIpc) is 2.14. The summed E-state index contributed by atoms with van der Waals surface area (Å²) in [6, 6.07) is 0. The molecule has 0 bridgehead atoms. The van der Waals surface area contributed by atoms with Gasteiger partial charge in [-0.15, -0.1) is 0 Å². The van der Waals surface area contributed by atoms with Gasteiger partial charge >= 0.3 is 0 Å². The first kappa shape index (κ1) is 5.91. The van der Waals surface area contributed by atoms with Crippen LogP contribution in [0.3, 0.4) is 0 Å². The van der Waals surface area contributed by atoms with Crippen molar-refractivity contribution in [2.24, 2.45) is 0 Å². The van der Waals surface area contributed by atoms with Crippen molar-refractivity contribution in [2.75, 3.05) is 12.5 Å². The first-order valence-corrected chi connectivity index (χ1v) is 3.33. The van der Waals surface area contributed by atoms with Gasteiger partial charge in [0.05, 0.1) is 0 Å². The van der Waals surface area contributed by atoms with Crippen molar-refractivity contribution in [3.05, 3.63) is 0 Å². The number of rotatable bonds is 1. The Morgan fingerprint density at radius 2 is 2.62 bits per heavy atom. The molecule has 0 aromatic heterocycles. The highest BCUT2D eigenvalue weighted by Crippen LogP contribution is 2.19. The molecule has 0 saturated carbocycles. The second-order valence-electron chi connectivity index (χ2n) is 1.50. The standard InChI is InChI=1S/C4H7NO2S/c6-3-5-4(7)1-2-8-5/h6H,1-3H2. The van der Waals surface area contributed by atoms with Crippen molar-refractivity contribution >= 4 is 17.9 Å². The zero-order valence-electron chi connectivity index (χ0n) is 4.33. The zero-order valence-corrected chi connectivity index (χ0v) is 5.15. The van der Waals surface area contributed by atoms with E-state index in [0.29, 0.717) is 6.42 Å². The fraction of sp³-hybridized carbons (Fsp3) is 0.750. The number of hydrogen-bond acceptors (Lipinski definition) is 3. The number of hydrogen-bond donors (Lipinski definition) is 1. The second kappa shape index (κ2) is 2.37. The van der Waals surface area contributed by atoms with Gasteiger partial charge in [-0.05, 0) is 11.9 Å². The number of amides is 1. The Balaban J connectivity index is 2.42. The summed E-state index contributed by atoms with van der Waals surface area (Å²) < 4.78 is 1.36. The molecule has 0 radical (unpaired) electrons. The summed E-state index contributed by atoms with van der Waals surface area (Å²) >= 11 is 1.38. The van der Waals surface area contributed by atoms with Crippen LogP contribution in [0, 0.1) is 0 Å². The van der Waals surface area contributed by atoms with Crippen molar-refractivity contribution in [3.8, 4) is 0 Å². The maximum absolute atomic E-state index is 10.6. The predicted octanol–water partition coefficient (Wildman–Crippen LogP) is -0.183. The average molecular weight is 133 g/mol. The van der Waals surface area contributed by atoms with Gasteiger partial charge in [0.25, 0.3) is 0 Å². The summed E-state index contributed by atoms with van der Waals surface area (Å²) in [7, 11) is 0. The molecule has 1 amide bonds. The summed E-state index contributed by atoms with van der Waals surface area (Å²) in [6.07, 6.45) is 0.575. The van der Waals surface area contributed by atoms with Gasteiger partial charge in [-0.2, -0.15) is 0 Å². The van der Waals surface area contributed by atoms with Gasteiger partial charge in [0.15, 0.2) is 0 Å². The molecule has 1 N–H and O–H groups in total. The summed E-state index contributed by atoms with van der Waals surface area (Å²) in [5.41, 5.74) is 0. The molecule has 1 aliphatic rings. The van der Waals surface area contributed by atoms with Gasteiger partial charge < -0.3 is 5.11 Å². The maximum Gasteiger partial charge on any atom is 0.235 e. The Labute approximate surface area is 51.8 Å². The van der Waals surface area contributed by atoms with Crippen LogP contribution in [0.5, 0.6) is 0 Å². The molecular formula is C4H7NO2S. The lowest BCUT2D eigenvalue weighted by molar-refractivity contribution is -0.126. The van der Waals surface area contributed by atoms with E-state index >= 15 is 0 Å². The molecule has 4 heteroatoms. The number of nitrogens with zero attached hydrogens (tertiary/aromatic N) is 1. The van der Waals surface area contributed by atoms with Crippen LogP contribution in [-0.4, -0.2) is 27.8 Å². The highest BCUT2D eigenvalue weighted by Gasteiger charge is 2.19. The van der Waals surface area contributed by atoms with Crippen LogP contribution in [0.25, 0.3) is 0 Å². The molecule has 0 aromatic rings. The number of carbonyl (C=O) groups excluding carboxylic acids is 1. The molecule has 1 saturated heterocycles. The lowest BCUT2D eigenvalue weighted by Gasteiger charge is -2.06. The summed E-state index contributed by atoms with van der Waals surface area (Å²) in [5, 5.41) is 8.42. The topological polar surface area (TPSA) is 40.5 Å². The molecule has 0 spiro atoms. The molecule has 0 aromatic carbocycles. The highest BCUT2D eigenvalue weighted by molar-refractivity contribution is 7.97. The molecule has 8 heavy (non-hydrogen) atoms. The Hall–Kier alpha value is -0.220. The fourth-order valence-corrected chi connectivity index (χ4v) is 1.36. The van der Waals surface area contributed by atoms with Gasteiger partial charge in [0.1, 0.15) is 6.73 Å². The van der Waals surface area contributed by atoms with Crippen LogP contribution in [0.15, 0.2) is 0 Å². The third kappa shape index (κ3) is 0.952. The van der Waals surface area contributed by atoms with Gasteiger partial charge in [-0.3, -0.25) is 9.10 Å². The van der Waals surface area contributed by atoms with Crippen LogP contribution in [0.2, 0.25) is 0 Å². The minimum Gasteiger partial charge on any atom is -0.375 e. The lowest BCUT2D eigenvalue weighted by Crippen LogP contribution is -2.18. The van der Waals surface area contributed by atoms with E-state index in [4.69, 9.17) is 5.11 Å². The second-order valence-corrected chi connectivity index (χ2v) is 2.60. The minimum atomic E-state index is -0.149. The van der Waals surface area contributed by atoms with E-state index in [1.54, 1.807) is 0 Å². The van der Waals surface area contributed by atoms with Crippen molar-refractivity contribution < 1.29 is 9.90 Å². The smallest absolute Gasteiger partial charge is 0.235 e. The van der Waals surface area contributed by atoms with E-state index in [-0.39, 0.29) is 12.6 Å². The van der Waals surface area contributed by atoms with E-state index in [1.807, 2.05) is 0 Å². The molecule has 1 rings (SSSR count). The summed E-state index contributed by atoms with van der Waals surface area (Å²) in [4.78, 5) is 10.6. The van der Waals surface area contributed by atoms with Crippen LogP contribution in [0.1, 0.15) is 6.42 Å². The van der Waals surface area contributed by atoms with Gasteiger partial charge in [-0.1, -0.05) is 0 Å². The predicted molar refractivity (Wildman–Crippen MR) is 31.0 cm³/mol. The number of carbonyl (C=O) groups is 1. The van der Waals surface area contributed by atoms with E-state index in [9.17, 15) is 4.79 Å². The first-order chi connectivity index (χ1) is 3.84. The summed E-state index contributed by atoms with van der Waals surface area (Å²) in [6.45, 7) is -0.149. The van der Waals surface area contributed by atoms with Gasteiger partial charge in [0, 0.05) is 12.2 Å². The Kier molecular flexibility index (Phi) is 1.75. The Morgan fingerprint density at radius 1 is 1.88 bits per heavy atom. The largest absolute Gasteiger partial charge is 0.375 e. The van der Waals surface area contributed by atoms with Crippen LogP contribution < -0.4 is 0 Å². The summed E-state index contributed by atoms with van der Waals surface area (Å²) in [5.74, 6) is 0.858. The maximum atomic E-state index is 10.6. The SMILES string of the molecule is O=C1CCSN1CO. The van der Waals surface area contributed by atoms with Crippen LogP contribution >= 0.6 is 11.9 Å². The first-order valence-electron chi connectivity index (χ1n) is 2.38. The van der Waals surface area contributed by atoms with Crippen molar-refractivity contribution in [1.82, 2.24) is 4.31 Å². The third-order valence-electron chi connectivity index (χ3n) is 0.970. The zero-order chi connectivity index (χ0) is 5.98. The van der Waals surface area contributed by atoms with E-state index < -0.39 is 0 Å². The third-order valence-corrected chi connectivity index (χ3v) is 1.99. The molecule has 0 aliphatic carbocycles. The van der Waals surface area contributed by atoms with Gasteiger partial charge in [-0.25, -0.2) is 0 Å². The molecule has 1 aliphatic heterocycles. The monoisotopic (exact) mass is 133 g/mol. The minimum absolute atomic E-state index is 0.0394. The molecule has 3 nitrogen and oxygen atoms in total. The molecular weight excluding hydrogens is 126 g/mol. The fourth-order valence-electron chi connectivity index (χ4n) is 0.560. The number of aliphatic hydroxyl groups excluding tert-OH is 1. The normalized spacial score (nSPS) is 20.1. The Morgan fingerprint density at radius 3 is 2.88 bits per heavy atom. The Bertz CT molecular complexity index is 106. The van der Waals surface area contributed by atoms with Crippen molar-refractivity contribution in [1.29, 1.82) is 0 Å². The van der Waals surface area contributed by atoms with E-state index in [1.165, 1.54) is 16.3 Å². The quantitative estimate of drug-likeness (QED) is 0.504. The van der Waals surface area contributed by atoms with Gasteiger partial charge in [0.2, 0.25) is 5.91 Å². The van der Waals surface area contributed by atoms with Crippen LogP contribution in [0.4, 0.5) is 0 Å². The molecule has 1 fully saturated rings. The van der Waals surface area contributed by atoms with E-state index in [0.717, 1.165) is 5.75 Å². The molecule has 0 unspecified atom stereocenters.